The third kappa shape index (κ3) is 2.37. The number of nitrogens with one attached hydrogen (secondary N) is 1. The molecule has 0 aliphatic rings. The van der Waals surface area contributed by atoms with Crippen LogP contribution >= 0.6 is 15.9 Å². The Morgan fingerprint density at radius 3 is 2.45 bits per heavy atom. The molecule has 0 spiro atoms. The number of aromatic nitrogens is 3. The molecule has 0 saturated heterocycles. The number of hydrogen-bond donors (Lipinski definition) is 3. The number of aromatic hydroxyl groups is 1. The molecule has 3 aromatic rings. The van der Waals surface area contributed by atoms with Crippen LogP contribution in [-0.2, 0) is 0 Å². The Labute approximate surface area is 123 Å². The molecule has 0 atom stereocenters. The summed E-state index contributed by atoms with van der Waals surface area (Å²) in [5.41, 5.74) is 7.67. The van der Waals surface area contributed by atoms with Gasteiger partial charge >= 0.3 is 0 Å². The van der Waals surface area contributed by atoms with Gasteiger partial charge in [-0.3, -0.25) is 5.10 Å². The quantitative estimate of drug-likeness (QED) is 0.497. The molecule has 0 amide bonds. The monoisotopic (exact) mass is 330 g/mol. The Morgan fingerprint density at radius 1 is 1.05 bits per heavy atom. The number of nitrogens with two attached hydrogens (primary N) is 1. The van der Waals surface area contributed by atoms with Crippen molar-refractivity contribution in [3.05, 3.63) is 46.9 Å². The molecule has 100 valence electrons. The number of rotatable bonds is 2. The van der Waals surface area contributed by atoms with Gasteiger partial charge in [0.25, 0.3) is 0 Å². The lowest BCUT2D eigenvalue weighted by Gasteiger charge is -2.00. The first-order valence-electron chi connectivity index (χ1n) is 5.91. The minimum absolute atomic E-state index is 0.0532. The van der Waals surface area contributed by atoms with E-state index < -0.39 is 0 Å². The van der Waals surface area contributed by atoms with Gasteiger partial charge in [0, 0.05) is 15.6 Å². The third-order valence-corrected chi connectivity index (χ3v) is 3.42. The summed E-state index contributed by atoms with van der Waals surface area (Å²) in [7, 11) is 0. The number of hydrogen-bond acceptors (Lipinski definition) is 4. The summed E-state index contributed by atoms with van der Waals surface area (Å²) in [6.45, 7) is 0. The minimum atomic E-state index is 0.0532. The zero-order valence-corrected chi connectivity index (χ0v) is 11.9. The lowest BCUT2D eigenvalue weighted by atomic mass is 10.2. The van der Waals surface area contributed by atoms with Crippen molar-refractivity contribution in [2.24, 2.45) is 0 Å². The van der Waals surface area contributed by atoms with E-state index >= 15 is 0 Å². The lowest BCUT2D eigenvalue weighted by molar-refractivity contribution is 0.478. The Hall–Kier alpha value is -2.34. The van der Waals surface area contributed by atoms with Crippen LogP contribution in [0.1, 0.15) is 0 Å². The fourth-order valence-electron chi connectivity index (χ4n) is 1.82. The molecule has 1 aromatic heterocycles. The van der Waals surface area contributed by atoms with Crippen molar-refractivity contribution in [3.8, 4) is 28.5 Å². The minimum Gasteiger partial charge on any atom is -0.506 e. The van der Waals surface area contributed by atoms with Crippen LogP contribution in [0.3, 0.4) is 0 Å². The first kappa shape index (κ1) is 12.7. The summed E-state index contributed by atoms with van der Waals surface area (Å²) >= 11 is 3.39. The SMILES string of the molecule is Nc1cc(-c2n[nH]c(-c3ccc(Br)cc3)n2)ccc1O. The fourth-order valence-corrected chi connectivity index (χ4v) is 2.09. The topological polar surface area (TPSA) is 87.8 Å². The number of phenols is 1. The normalized spacial score (nSPS) is 10.7. The van der Waals surface area contributed by atoms with Gasteiger partial charge in [-0.05, 0) is 30.3 Å². The van der Waals surface area contributed by atoms with E-state index in [-0.39, 0.29) is 5.75 Å². The molecule has 6 heteroatoms. The first-order valence-corrected chi connectivity index (χ1v) is 6.70. The van der Waals surface area contributed by atoms with Gasteiger partial charge in [0.05, 0.1) is 5.69 Å². The number of halogens is 1. The van der Waals surface area contributed by atoms with E-state index in [1.165, 1.54) is 6.07 Å². The van der Waals surface area contributed by atoms with Gasteiger partial charge in [0.15, 0.2) is 11.6 Å². The summed E-state index contributed by atoms with van der Waals surface area (Å²) in [4.78, 5) is 4.43. The largest absolute Gasteiger partial charge is 0.506 e. The average Bonchev–Trinajstić information content (AvgIpc) is 2.92. The van der Waals surface area contributed by atoms with Crippen molar-refractivity contribution >= 4 is 21.6 Å². The molecular formula is C14H11BrN4O. The second kappa shape index (κ2) is 4.97. The molecule has 0 fully saturated rings. The number of nitrogen functional groups attached to an aromatic ring is 1. The number of benzene rings is 2. The molecule has 0 aliphatic heterocycles. The summed E-state index contributed by atoms with van der Waals surface area (Å²) < 4.78 is 1.01. The van der Waals surface area contributed by atoms with E-state index in [2.05, 4.69) is 31.1 Å². The fraction of sp³-hybridized carbons (Fsp3) is 0. The zero-order chi connectivity index (χ0) is 14.1. The van der Waals surface area contributed by atoms with Crippen LogP contribution in [-0.4, -0.2) is 20.3 Å². The third-order valence-electron chi connectivity index (χ3n) is 2.89. The summed E-state index contributed by atoms with van der Waals surface area (Å²) in [6.07, 6.45) is 0. The smallest absolute Gasteiger partial charge is 0.181 e. The molecule has 0 radical (unpaired) electrons. The highest BCUT2D eigenvalue weighted by molar-refractivity contribution is 9.10. The highest BCUT2D eigenvalue weighted by Gasteiger charge is 2.09. The zero-order valence-electron chi connectivity index (χ0n) is 10.3. The van der Waals surface area contributed by atoms with Crippen molar-refractivity contribution in [2.45, 2.75) is 0 Å². The number of H-pyrrole nitrogens is 1. The Bertz CT molecular complexity index is 752. The van der Waals surface area contributed by atoms with E-state index in [1.54, 1.807) is 12.1 Å². The van der Waals surface area contributed by atoms with Crippen LogP contribution < -0.4 is 5.73 Å². The van der Waals surface area contributed by atoms with Crippen LogP contribution in [0.25, 0.3) is 22.8 Å². The van der Waals surface area contributed by atoms with Crippen LogP contribution in [0.4, 0.5) is 5.69 Å². The van der Waals surface area contributed by atoms with Crippen LogP contribution in [0.15, 0.2) is 46.9 Å². The molecule has 4 N–H and O–H groups in total. The average molecular weight is 331 g/mol. The molecule has 3 rings (SSSR count). The summed E-state index contributed by atoms with van der Waals surface area (Å²) in [5, 5.41) is 16.5. The number of aromatic amines is 1. The highest BCUT2D eigenvalue weighted by atomic mass is 79.9. The van der Waals surface area contributed by atoms with E-state index in [1.807, 2.05) is 24.3 Å². The molecule has 0 saturated carbocycles. The van der Waals surface area contributed by atoms with Gasteiger partial charge in [-0.1, -0.05) is 28.1 Å². The molecule has 0 unspecified atom stereocenters. The second-order valence-electron chi connectivity index (χ2n) is 4.29. The van der Waals surface area contributed by atoms with Gasteiger partial charge in [-0.2, -0.15) is 5.10 Å². The molecule has 0 aliphatic carbocycles. The van der Waals surface area contributed by atoms with Crippen molar-refractivity contribution in [2.75, 3.05) is 5.73 Å². The van der Waals surface area contributed by atoms with E-state index in [9.17, 15) is 5.11 Å². The predicted molar refractivity (Wildman–Crippen MR) is 81.0 cm³/mol. The lowest BCUT2D eigenvalue weighted by Crippen LogP contribution is -1.88. The van der Waals surface area contributed by atoms with E-state index in [0.29, 0.717) is 17.3 Å². The van der Waals surface area contributed by atoms with Gasteiger partial charge < -0.3 is 10.8 Å². The van der Waals surface area contributed by atoms with Crippen LogP contribution in [0.2, 0.25) is 0 Å². The second-order valence-corrected chi connectivity index (χ2v) is 5.20. The maximum atomic E-state index is 9.42. The Balaban J connectivity index is 1.97. The summed E-state index contributed by atoms with van der Waals surface area (Å²) in [5.74, 6) is 1.27. The Kier molecular flexibility index (Phi) is 3.15. The van der Waals surface area contributed by atoms with Gasteiger partial charge in [-0.25, -0.2) is 4.98 Å². The number of anilines is 1. The molecule has 1 heterocycles. The maximum absolute atomic E-state index is 9.42. The van der Waals surface area contributed by atoms with E-state index in [0.717, 1.165) is 15.6 Å². The van der Waals surface area contributed by atoms with Gasteiger partial charge in [0.2, 0.25) is 0 Å². The van der Waals surface area contributed by atoms with Crippen molar-refractivity contribution in [3.63, 3.8) is 0 Å². The Morgan fingerprint density at radius 2 is 1.75 bits per heavy atom. The molecule has 0 bridgehead atoms. The van der Waals surface area contributed by atoms with Crippen LogP contribution in [0, 0.1) is 0 Å². The van der Waals surface area contributed by atoms with Crippen molar-refractivity contribution in [1.82, 2.24) is 15.2 Å². The predicted octanol–water partition coefficient (Wildman–Crippen LogP) is 3.19. The molecule has 5 nitrogen and oxygen atoms in total. The van der Waals surface area contributed by atoms with Crippen molar-refractivity contribution in [1.29, 1.82) is 0 Å². The number of phenolic OH excluding ortho intramolecular Hbond substituents is 1. The summed E-state index contributed by atoms with van der Waals surface area (Å²) in [6, 6.07) is 12.7. The first-order chi connectivity index (χ1) is 9.63. The molecule has 20 heavy (non-hydrogen) atoms. The number of nitrogens with zero attached hydrogens (tertiary/aromatic N) is 2. The van der Waals surface area contributed by atoms with E-state index in [4.69, 9.17) is 5.73 Å². The molecular weight excluding hydrogens is 320 g/mol. The standard InChI is InChI=1S/C14H11BrN4O/c15-10-4-1-8(2-5-10)13-17-14(19-18-13)9-3-6-12(20)11(16)7-9/h1-7,20H,16H2,(H,17,18,19). The highest BCUT2D eigenvalue weighted by Crippen LogP contribution is 2.27. The van der Waals surface area contributed by atoms with Gasteiger partial charge in [0.1, 0.15) is 5.75 Å². The van der Waals surface area contributed by atoms with Crippen molar-refractivity contribution < 1.29 is 5.11 Å². The van der Waals surface area contributed by atoms with Crippen LogP contribution in [0.5, 0.6) is 5.75 Å². The van der Waals surface area contributed by atoms with Gasteiger partial charge in [-0.15, -0.1) is 0 Å². The molecule has 2 aromatic carbocycles. The maximum Gasteiger partial charge on any atom is 0.181 e.